The van der Waals surface area contributed by atoms with Crippen LogP contribution in [0.2, 0.25) is 0 Å². The second kappa shape index (κ2) is 18.2. The predicted octanol–water partition coefficient (Wildman–Crippen LogP) is 5.23. The van der Waals surface area contributed by atoms with E-state index in [1.54, 1.807) is 0 Å². The predicted molar refractivity (Wildman–Crippen MR) is 108 cm³/mol. The van der Waals surface area contributed by atoms with E-state index < -0.39 is 10.4 Å². The van der Waals surface area contributed by atoms with Gasteiger partial charge in [0.2, 0.25) is 0 Å². The van der Waals surface area contributed by atoms with Gasteiger partial charge in [0.15, 0.2) is 0 Å². The number of nitrogens with zero attached hydrogens (tertiary/aromatic N) is 1. The Labute approximate surface area is 163 Å². The fourth-order valence-corrected chi connectivity index (χ4v) is 3.11. The van der Waals surface area contributed by atoms with Crippen LogP contribution in [0.5, 0.6) is 0 Å². The third-order valence-corrected chi connectivity index (χ3v) is 4.73. The molecule has 0 atom stereocenters. The molecular formula is C20H44NO4S-. The van der Waals surface area contributed by atoms with Crippen LogP contribution in [0, 0.1) is 0 Å². The molecule has 0 rings (SSSR count). The Morgan fingerprint density at radius 3 is 1.08 bits per heavy atom. The van der Waals surface area contributed by atoms with Gasteiger partial charge in [0.25, 0.3) is 0 Å². The quantitative estimate of drug-likeness (QED) is 0.155. The molecule has 0 aromatic carbocycles. The van der Waals surface area contributed by atoms with Gasteiger partial charge in [-0.25, -0.2) is 0 Å². The molecule has 0 radical (unpaired) electrons. The number of unbranched alkanes of at least 4 members (excludes halogenated alkanes) is 12. The van der Waals surface area contributed by atoms with Crippen LogP contribution in [-0.2, 0) is 10.4 Å². The third kappa shape index (κ3) is 31.6. The van der Waals surface area contributed by atoms with Gasteiger partial charge in [-0.15, -0.1) is 0 Å². The Bertz CT molecular complexity index is 355. The Kier molecular flexibility index (Phi) is 19.6. The maximum Gasteiger partial charge on any atom is 0.0782 e. The van der Waals surface area contributed by atoms with Gasteiger partial charge >= 0.3 is 0 Å². The molecular weight excluding hydrogens is 350 g/mol. The molecule has 0 spiro atoms. The minimum Gasteiger partial charge on any atom is -0.759 e. The summed E-state index contributed by atoms with van der Waals surface area (Å²) in [4.78, 5) is 0. The van der Waals surface area contributed by atoms with Crippen molar-refractivity contribution in [1.82, 2.24) is 0 Å². The molecule has 0 fully saturated rings. The van der Waals surface area contributed by atoms with Gasteiger partial charge in [0.1, 0.15) is 0 Å². The van der Waals surface area contributed by atoms with Crippen LogP contribution >= 0.6 is 0 Å². The highest BCUT2D eigenvalue weighted by molar-refractivity contribution is 7.79. The molecule has 0 aliphatic rings. The molecule has 6 heteroatoms. The van der Waals surface area contributed by atoms with E-state index in [1.165, 1.54) is 107 Å². The zero-order valence-electron chi connectivity index (χ0n) is 17.8. The molecule has 0 amide bonds. The molecule has 0 heterocycles. The topological polar surface area (TPSA) is 80.3 Å². The van der Waals surface area contributed by atoms with E-state index in [2.05, 4.69) is 27.9 Å². The lowest BCUT2D eigenvalue weighted by Crippen LogP contribution is -2.41. The van der Waals surface area contributed by atoms with Gasteiger partial charge in [0, 0.05) is 10.4 Å². The fraction of sp³-hybridized carbons (Fsp3) is 1.00. The SMILES string of the molecule is CCCCCCCCC[N+](C)(C)CCCCCCCCC.O=S(=O)([O-])[O-]. The summed E-state index contributed by atoms with van der Waals surface area (Å²) in [5.74, 6) is 0. The summed E-state index contributed by atoms with van der Waals surface area (Å²) >= 11 is 0. The van der Waals surface area contributed by atoms with Crippen LogP contribution in [0.3, 0.4) is 0 Å². The average molecular weight is 395 g/mol. The molecule has 5 nitrogen and oxygen atoms in total. The molecule has 0 aliphatic carbocycles. The standard InChI is InChI=1S/C20H44N.H2O4S/c1-5-7-9-11-13-15-17-19-21(3,4)20-18-16-14-12-10-8-6-2;1-5(2,3)4/h5-20H2,1-4H3;(H2,1,2,3,4)/q+1;/p-2. The van der Waals surface area contributed by atoms with E-state index in [9.17, 15) is 0 Å². The summed E-state index contributed by atoms with van der Waals surface area (Å²) in [6.07, 6.45) is 20.1. The van der Waals surface area contributed by atoms with E-state index >= 15 is 0 Å². The highest BCUT2D eigenvalue weighted by Gasteiger charge is 2.13. The molecule has 0 unspecified atom stereocenters. The largest absolute Gasteiger partial charge is 0.759 e. The Morgan fingerprint density at radius 1 is 0.577 bits per heavy atom. The Balaban J connectivity index is 0. The molecule has 0 aromatic heterocycles. The van der Waals surface area contributed by atoms with Crippen molar-refractivity contribution in [3.8, 4) is 0 Å². The summed E-state index contributed by atoms with van der Waals surface area (Å²) in [6.45, 7) is 7.35. The summed E-state index contributed by atoms with van der Waals surface area (Å²) in [6, 6.07) is 0. The first-order valence-corrected chi connectivity index (χ1v) is 11.9. The van der Waals surface area contributed by atoms with E-state index in [0.29, 0.717) is 0 Å². The lowest BCUT2D eigenvalue weighted by Gasteiger charge is -2.30. The van der Waals surface area contributed by atoms with Gasteiger partial charge in [-0.05, 0) is 25.7 Å². The zero-order chi connectivity index (χ0) is 20.3. The van der Waals surface area contributed by atoms with Crippen molar-refractivity contribution in [2.45, 2.75) is 104 Å². The molecule has 0 N–H and O–H groups in total. The third-order valence-electron chi connectivity index (χ3n) is 4.73. The van der Waals surface area contributed by atoms with Crippen molar-refractivity contribution in [2.24, 2.45) is 0 Å². The van der Waals surface area contributed by atoms with Crippen molar-refractivity contribution < 1.29 is 22.0 Å². The maximum atomic E-state index is 8.52. The van der Waals surface area contributed by atoms with Crippen LogP contribution in [0.1, 0.15) is 104 Å². The zero-order valence-corrected chi connectivity index (χ0v) is 18.6. The van der Waals surface area contributed by atoms with Gasteiger partial charge in [-0.2, -0.15) is 0 Å². The van der Waals surface area contributed by atoms with Crippen molar-refractivity contribution >= 4 is 10.4 Å². The monoisotopic (exact) mass is 394 g/mol. The van der Waals surface area contributed by atoms with Gasteiger partial charge < -0.3 is 13.6 Å². The van der Waals surface area contributed by atoms with Crippen molar-refractivity contribution in [1.29, 1.82) is 0 Å². The maximum absolute atomic E-state index is 8.52. The van der Waals surface area contributed by atoms with Gasteiger partial charge in [-0.3, -0.25) is 8.42 Å². The van der Waals surface area contributed by atoms with E-state index in [0.717, 1.165) is 0 Å². The highest BCUT2D eigenvalue weighted by atomic mass is 32.3. The number of quaternary nitrogens is 1. The number of hydrogen-bond donors (Lipinski definition) is 0. The fourth-order valence-electron chi connectivity index (χ4n) is 3.11. The van der Waals surface area contributed by atoms with Crippen LogP contribution < -0.4 is 0 Å². The summed E-state index contributed by atoms with van der Waals surface area (Å²) < 4.78 is 35.3. The highest BCUT2D eigenvalue weighted by Crippen LogP contribution is 2.12. The van der Waals surface area contributed by atoms with Crippen LogP contribution in [0.25, 0.3) is 0 Å². The lowest BCUT2D eigenvalue weighted by molar-refractivity contribution is -0.890. The minimum absolute atomic E-state index is 1.24. The van der Waals surface area contributed by atoms with Crippen LogP contribution in [0.15, 0.2) is 0 Å². The second-order valence-electron chi connectivity index (χ2n) is 8.03. The Hall–Kier alpha value is -0.170. The van der Waals surface area contributed by atoms with Crippen LogP contribution in [0.4, 0.5) is 0 Å². The van der Waals surface area contributed by atoms with E-state index in [4.69, 9.17) is 17.5 Å². The molecule has 0 saturated heterocycles. The first-order chi connectivity index (χ1) is 12.1. The van der Waals surface area contributed by atoms with Crippen molar-refractivity contribution in [3.63, 3.8) is 0 Å². The van der Waals surface area contributed by atoms with Crippen molar-refractivity contribution in [3.05, 3.63) is 0 Å². The molecule has 0 saturated carbocycles. The molecule has 26 heavy (non-hydrogen) atoms. The Morgan fingerprint density at radius 2 is 0.808 bits per heavy atom. The molecule has 0 aliphatic heterocycles. The second-order valence-corrected chi connectivity index (χ2v) is 8.85. The molecule has 0 aromatic rings. The first kappa shape index (κ1) is 28.0. The lowest BCUT2D eigenvalue weighted by atomic mass is 10.1. The van der Waals surface area contributed by atoms with Crippen LogP contribution in [-0.4, -0.2) is 49.2 Å². The summed E-state index contributed by atoms with van der Waals surface area (Å²) in [5, 5.41) is 0. The van der Waals surface area contributed by atoms with E-state index in [1.807, 2.05) is 0 Å². The molecule has 0 bridgehead atoms. The minimum atomic E-state index is -5.17. The number of hydrogen-bond acceptors (Lipinski definition) is 4. The smallest absolute Gasteiger partial charge is 0.0782 e. The first-order valence-electron chi connectivity index (χ1n) is 10.6. The summed E-state index contributed by atoms with van der Waals surface area (Å²) in [5.41, 5.74) is 0. The van der Waals surface area contributed by atoms with Gasteiger partial charge in [0.05, 0.1) is 27.2 Å². The van der Waals surface area contributed by atoms with Crippen molar-refractivity contribution in [2.75, 3.05) is 27.2 Å². The number of rotatable bonds is 16. The normalized spacial score (nSPS) is 11.9. The average Bonchev–Trinajstić information content (AvgIpc) is 2.51. The van der Waals surface area contributed by atoms with E-state index in [-0.39, 0.29) is 0 Å². The summed E-state index contributed by atoms with van der Waals surface area (Å²) in [7, 11) is -0.317. The van der Waals surface area contributed by atoms with Gasteiger partial charge in [-0.1, -0.05) is 78.1 Å². The molecule has 160 valence electrons.